The van der Waals surface area contributed by atoms with Crippen LogP contribution in [-0.4, -0.2) is 21.0 Å². The van der Waals surface area contributed by atoms with Crippen molar-refractivity contribution in [2.75, 3.05) is 5.73 Å². The van der Waals surface area contributed by atoms with Gasteiger partial charge in [0.05, 0.1) is 17.8 Å². The first kappa shape index (κ1) is 31.5. The van der Waals surface area contributed by atoms with E-state index in [4.69, 9.17) is 17.3 Å². The Hall–Kier alpha value is -4.43. The minimum absolute atomic E-state index is 0.115. The van der Waals surface area contributed by atoms with E-state index in [1.54, 1.807) is 12.1 Å². The number of anilines is 1. The number of halogens is 1. The van der Waals surface area contributed by atoms with Crippen molar-refractivity contribution in [3.63, 3.8) is 0 Å². The van der Waals surface area contributed by atoms with Crippen LogP contribution in [0.4, 0.5) is 5.13 Å². The van der Waals surface area contributed by atoms with Gasteiger partial charge >= 0.3 is 0 Å². The van der Waals surface area contributed by atoms with Crippen LogP contribution in [0.1, 0.15) is 36.9 Å². The average molecular weight is 624 g/mol. The number of nitrogens with two attached hydrogens (primary N) is 1. The summed E-state index contributed by atoms with van der Waals surface area (Å²) in [6, 6.07) is 34.9. The highest BCUT2D eigenvalue weighted by Gasteiger charge is 2.11. The van der Waals surface area contributed by atoms with Crippen molar-refractivity contribution in [3.05, 3.63) is 147 Å². The third kappa shape index (κ3) is 9.82. The van der Waals surface area contributed by atoms with Gasteiger partial charge in [-0.05, 0) is 37.6 Å². The number of hydrogen-bond acceptors (Lipinski definition) is 7. The van der Waals surface area contributed by atoms with E-state index >= 15 is 0 Å². The number of carbonyl (C=O) groups is 2. The molecular formula is C35H30ClN3O2S2. The predicted octanol–water partition coefficient (Wildman–Crippen LogP) is 9.31. The molecule has 0 saturated heterocycles. The molecule has 0 aliphatic heterocycles. The highest BCUT2D eigenvalue weighted by Crippen LogP contribution is 2.23. The number of nitrogen functional groups attached to an aromatic ring is 1. The first-order valence-corrected chi connectivity index (χ1v) is 15.5. The van der Waals surface area contributed by atoms with Gasteiger partial charge in [0.15, 0.2) is 10.9 Å². The van der Waals surface area contributed by atoms with Crippen molar-refractivity contribution in [1.82, 2.24) is 9.97 Å². The highest BCUT2D eigenvalue weighted by molar-refractivity contribution is 7.13. The Bertz CT molecular complexity index is 1750. The molecule has 4 aromatic carbocycles. The number of carbonyl (C=O) groups excluding carboxylic acids is 2. The molecule has 0 radical (unpaired) electrons. The van der Waals surface area contributed by atoms with Crippen molar-refractivity contribution in [2.24, 2.45) is 0 Å². The lowest BCUT2D eigenvalue weighted by Crippen LogP contribution is -2.03. The van der Waals surface area contributed by atoms with Crippen LogP contribution in [0.3, 0.4) is 0 Å². The molecule has 2 N–H and O–H groups in total. The Kier molecular flexibility index (Phi) is 11.5. The quantitative estimate of drug-likeness (QED) is 0.148. The number of aromatic nitrogens is 2. The van der Waals surface area contributed by atoms with Gasteiger partial charge in [-0.15, -0.1) is 22.7 Å². The summed E-state index contributed by atoms with van der Waals surface area (Å²) < 4.78 is 0. The molecule has 2 aromatic heterocycles. The van der Waals surface area contributed by atoms with E-state index in [1.807, 2.05) is 122 Å². The molecule has 0 spiro atoms. The van der Waals surface area contributed by atoms with Gasteiger partial charge in [-0.2, -0.15) is 0 Å². The first-order valence-electron chi connectivity index (χ1n) is 13.4. The lowest BCUT2D eigenvalue weighted by molar-refractivity contribution is 0.0992. The normalized spacial score (nSPS) is 10.1. The first-order chi connectivity index (χ1) is 20.8. The summed E-state index contributed by atoms with van der Waals surface area (Å²) in [4.78, 5) is 31.5. The zero-order chi connectivity index (χ0) is 30.6. The maximum absolute atomic E-state index is 12.2. The van der Waals surface area contributed by atoms with E-state index in [0.29, 0.717) is 17.1 Å². The molecule has 0 fully saturated rings. The number of Topliss-reactive ketones (excluding diaryl/α,β-unsaturated/α-hetero) is 1. The van der Waals surface area contributed by atoms with Gasteiger partial charge < -0.3 is 5.73 Å². The number of thiazole rings is 2. The van der Waals surface area contributed by atoms with E-state index in [0.717, 1.165) is 44.2 Å². The maximum atomic E-state index is 12.2. The molecule has 6 rings (SSSR count). The van der Waals surface area contributed by atoms with E-state index in [1.165, 1.54) is 22.7 Å². The Labute approximate surface area is 264 Å². The second-order valence-corrected chi connectivity index (χ2v) is 11.7. The summed E-state index contributed by atoms with van der Waals surface area (Å²) >= 11 is 8.22. The molecule has 43 heavy (non-hydrogen) atoms. The van der Waals surface area contributed by atoms with E-state index in [2.05, 4.69) is 9.97 Å². The lowest BCUT2D eigenvalue weighted by atomic mass is 10.1. The highest BCUT2D eigenvalue weighted by atomic mass is 35.5. The minimum atomic E-state index is -0.403. The van der Waals surface area contributed by atoms with Crippen LogP contribution in [0.5, 0.6) is 0 Å². The standard InChI is InChI=1S/C18H15NOS.C9H8N2S.C8H7ClO/c1-13-7-9-15(10-8-13)17(20)11-18-19-16(12-21-18)14-5-3-2-4-6-14;10-9-11-8(6-12-9)7-4-2-1-3-5-7;1-6-2-4-7(5-3-6)8(9)10/h2-10,12H,11H2,1H3;1-6H,(H2,10,11);2-5H,1H3. The summed E-state index contributed by atoms with van der Waals surface area (Å²) in [5, 5.41) is 5.05. The van der Waals surface area contributed by atoms with Gasteiger partial charge in [0.2, 0.25) is 0 Å². The molecule has 0 amide bonds. The van der Waals surface area contributed by atoms with Gasteiger partial charge in [0.25, 0.3) is 5.24 Å². The van der Waals surface area contributed by atoms with Crippen LogP contribution < -0.4 is 5.73 Å². The number of rotatable bonds is 6. The molecule has 5 nitrogen and oxygen atoms in total. The van der Waals surface area contributed by atoms with Crippen LogP contribution in [0.15, 0.2) is 120 Å². The molecule has 8 heteroatoms. The van der Waals surface area contributed by atoms with Crippen LogP contribution in [-0.2, 0) is 6.42 Å². The zero-order valence-electron chi connectivity index (χ0n) is 23.7. The molecule has 0 unspecified atom stereocenters. The number of benzene rings is 4. The Morgan fingerprint density at radius 2 is 1.12 bits per heavy atom. The molecule has 2 heterocycles. The van der Waals surface area contributed by atoms with Crippen LogP contribution >= 0.6 is 34.3 Å². The van der Waals surface area contributed by atoms with Crippen LogP contribution in [0.2, 0.25) is 0 Å². The summed E-state index contributed by atoms with van der Waals surface area (Å²) in [6.07, 6.45) is 0.362. The topological polar surface area (TPSA) is 85.9 Å². The monoisotopic (exact) mass is 623 g/mol. The third-order valence-electron chi connectivity index (χ3n) is 6.18. The molecule has 0 bridgehead atoms. The van der Waals surface area contributed by atoms with E-state index in [-0.39, 0.29) is 5.78 Å². The molecule has 0 atom stereocenters. The second kappa shape index (κ2) is 15.7. The molecule has 6 aromatic rings. The number of hydrogen-bond donors (Lipinski definition) is 1. The van der Waals surface area contributed by atoms with Crippen molar-refractivity contribution in [3.8, 4) is 22.5 Å². The van der Waals surface area contributed by atoms with Crippen molar-refractivity contribution in [2.45, 2.75) is 20.3 Å². The molecule has 0 aliphatic rings. The van der Waals surface area contributed by atoms with Gasteiger partial charge in [0.1, 0.15) is 5.01 Å². The largest absolute Gasteiger partial charge is 0.375 e. The molecule has 0 saturated carbocycles. The molecule has 216 valence electrons. The fraction of sp³-hybridized carbons (Fsp3) is 0.0857. The van der Waals surface area contributed by atoms with E-state index < -0.39 is 5.24 Å². The third-order valence-corrected chi connectivity index (χ3v) is 7.92. The van der Waals surface area contributed by atoms with Crippen molar-refractivity contribution in [1.29, 1.82) is 0 Å². The fourth-order valence-electron chi connectivity index (χ4n) is 3.83. The summed E-state index contributed by atoms with van der Waals surface area (Å²) in [7, 11) is 0. The fourth-order valence-corrected chi connectivity index (χ4v) is 5.33. The SMILES string of the molecule is Cc1ccc(C(=O)Cc2nc(-c3ccccc3)cs2)cc1.Cc1ccc(C(=O)Cl)cc1.Nc1nc(-c2ccccc2)cs1. The zero-order valence-corrected chi connectivity index (χ0v) is 26.1. The van der Waals surface area contributed by atoms with Gasteiger partial charge in [0, 0.05) is 33.0 Å². The van der Waals surface area contributed by atoms with Gasteiger partial charge in [-0.25, -0.2) is 9.97 Å². The average Bonchev–Trinajstić information content (AvgIpc) is 3.68. The van der Waals surface area contributed by atoms with Gasteiger partial charge in [-0.1, -0.05) is 108 Å². The van der Waals surface area contributed by atoms with Crippen molar-refractivity contribution >= 4 is 50.4 Å². The summed E-state index contributed by atoms with van der Waals surface area (Å²) in [5.74, 6) is 0.115. The molecular weight excluding hydrogens is 594 g/mol. The maximum Gasteiger partial charge on any atom is 0.252 e. The van der Waals surface area contributed by atoms with Crippen molar-refractivity contribution < 1.29 is 9.59 Å². The van der Waals surface area contributed by atoms with E-state index in [9.17, 15) is 9.59 Å². The minimum Gasteiger partial charge on any atom is -0.375 e. The van der Waals surface area contributed by atoms with Crippen LogP contribution in [0.25, 0.3) is 22.5 Å². The number of aryl methyl sites for hydroxylation is 2. The Morgan fingerprint density at radius 3 is 1.58 bits per heavy atom. The lowest BCUT2D eigenvalue weighted by Gasteiger charge is -1.99. The number of nitrogens with zero attached hydrogens (tertiary/aromatic N) is 2. The summed E-state index contributed by atoms with van der Waals surface area (Å²) in [5.41, 5.74) is 13.2. The second-order valence-electron chi connectivity index (χ2n) is 9.54. The van der Waals surface area contributed by atoms with Gasteiger partial charge in [-0.3, -0.25) is 9.59 Å². The summed E-state index contributed by atoms with van der Waals surface area (Å²) in [6.45, 7) is 3.98. The Morgan fingerprint density at radius 1 is 0.651 bits per heavy atom. The Balaban J connectivity index is 0.000000163. The smallest absolute Gasteiger partial charge is 0.252 e. The predicted molar refractivity (Wildman–Crippen MR) is 180 cm³/mol. The number of ketones is 1. The molecule has 0 aliphatic carbocycles. The van der Waals surface area contributed by atoms with Crippen LogP contribution in [0, 0.1) is 13.8 Å².